The molecule has 196 valence electrons. The molecule has 35 heavy (non-hydrogen) atoms. The number of nitrogens with zero attached hydrogens (tertiary/aromatic N) is 1. The second kappa shape index (κ2) is 16.3. The number of hydrogen-bond donors (Lipinski definition) is 5. The van der Waals surface area contributed by atoms with Crippen molar-refractivity contribution in [2.24, 2.45) is 28.3 Å². The molecule has 0 radical (unpaired) electrons. The van der Waals surface area contributed by atoms with Crippen molar-refractivity contribution in [3.05, 3.63) is 35.9 Å². The summed E-state index contributed by atoms with van der Waals surface area (Å²) >= 11 is 0. The number of alkyl carbamates (subject to hydrolysis) is 1. The molecule has 0 unspecified atom stereocenters. The second-order valence-electron chi connectivity index (χ2n) is 9.38. The molecule has 0 aliphatic rings. The minimum atomic E-state index is -0.819. The zero-order chi connectivity index (χ0) is 26.2. The van der Waals surface area contributed by atoms with E-state index in [9.17, 15) is 14.4 Å². The molecular weight excluding hydrogens is 448 g/mol. The van der Waals surface area contributed by atoms with E-state index in [1.165, 1.54) is 0 Å². The van der Waals surface area contributed by atoms with Gasteiger partial charge in [-0.1, -0.05) is 58.0 Å². The van der Waals surface area contributed by atoms with E-state index in [-0.39, 0.29) is 30.3 Å². The minimum Gasteiger partial charge on any atom is -0.445 e. The highest BCUT2D eigenvalue weighted by molar-refractivity contribution is 5.91. The first-order chi connectivity index (χ1) is 16.6. The number of unbranched alkanes of at least 4 members (excludes halogenated alkanes) is 1. The van der Waals surface area contributed by atoms with Crippen LogP contribution >= 0.6 is 0 Å². The minimum absolute atomic E-state index is 0.0438. The van der Waals surface area contributed by atoms with Crippen LogP contribution in [0.4, 0.5) is 4.79 Å². The Morgan fingerprint density at radius 3 is 2.06 bits per heavy atom. The molecule has 10 heteroatoms. The summed E-state index contributed by atoms with van der Waals surface area (Å²) in [5, 5.41) is 8.34. The summed E-state index contributed by atoms with van der Waals surface area (Å²) in [6.45, 7) is 8.91. The Hall–Kier alpha value is -3.30. The van der Waals surface area contributed by atoms with Crippen molar-refractivity contribution in [1.29, 1.82) is 0 Å². The molecule has 1 rings (SSSR count). The van der Waals surface area contributed by atoms with Crippen LogP contribution in [0.5, 0.6) is 0 Å². The molecule has 0 aromatic heterocycles. The average molecular weight is 491 g/mol. The number of rotatable bonds is 15. The lowest BCUT2D eigenvalue weighted by molar-refractivity contribution is -0.130. The summed E-state index contributed by atoms with van der Waals surface area (Å²) in [5.74, 6) is -0.307. The molecule has 1 aromatic rings. The van der Waals surface area contributed by atoms with Gasteiger partial charge < -0.3 is 32.2 Å². The molecule has 0 bridgehead atoms. The lowest BCUT2D eigenvalue weighted by Crippen LogP contribution is -2.54. The number of hydrogen-bond acceptors (Lipinski definition) is 5. The highest BCUT2D eigenvalue weighted by Crippen LogP contribution is 2.10. The van der Waals surface area contributed by atoms with Crippen LogP contribution in [0.1, 0.15) is 58.9 Å². The monoisotopic (exact) mass is 490 g/mol. The zero-order valence-corrected chi connectivity index (χ0v) is 21.4. The van der Waals surface area contributed by atoms with Gasteiger partial charge >= 0.3 is 6.09 Å². The average Bonchev–Trinajstić information content (AvgIpc) is 2.78. The maximum absolute atomic E-state index is 13.1. The van der Waals surface area contributed by atoms with Crippen LogP contribution in [0.2, 0.25) is 0 Å². The molecule has 3 amide bonds. The van der Waals surface area contributed by atoms with Crippen LogP contribution < -0.4 is 27.4 Å². The first kappa shape index (κ1) is 29.7. The van der Waals surface area contributed by atoms with E-state index in [1.807, 2.05) is 58.0 Å². The fourth-order valence-electron chi connectivity index (χ4n) is 3.36. The summed E-state index contributed by atoms with van der Waals surface area (Å²) < 4.78 is 5.27. The Morgan fingerprint density at radius 1 is 0.886 bits per heavy atom. The number of guanidine groups is 1. The van der Waals surface area contributed by atoms with E-state index >= 15 is 0 Å². The first-order valence-corrected chi connectivity index (χ1v) is 12.2. The topological polar surface area (TPSA) is 161 Å². The van der Waals surface area contributed by atoms with Crippen molar-refractivity contribution in [2.45, 2.75) is 72.1 Å². The third-order valence-corrected chi connectivity index (χ3v) is 5.05. The molecule has 0 spiro atoms. The predicted octanol–water partition coefficient (Wildman–Crippen LogP) is 2.03. The Kier molecular flexibility index (Phi) is 13.9. The van der Waals surface area contributed by atoms with Gasteiger partial charge in [-0.2, -0.15) is 0 Å². The molecule has 2 atom stereocenters. The molecule has 0 fully saturated rings. The fourth-order valence-corrected chi connectivity index (χ4v) is 3.36. The number of carbonyl (C=O) groups excluding carboxylic acids is 3. The normalized spacial score (nSPS) is 12.5. The molecule has 0 heterocycles. The van der Waals surface area contributed by atoms with Gasteiger partial charge in [0.05, 0.1) is 0 Å². The third-order valence-electron chi connectivity index (χ3n) is 5.05. The summed E-state index contributed by atoms with van der Waals surface area (Å²) in [5.41, 5.74) is 11.4. The second-order valence-corrected chi connectivity index (χ2v) is 9.38. The molecule has 10 nitrogen and oxygen atoms in total. The number of carbonyl (C=O) groups is 3. The molecule has 1 aromatic carbocycles. The van der Waals surface area contributed by atoms with Gasteiger partial charge in [0.2, 0.25) is 11.8 Å². The van der Waals surface area contributed by atoms with Crippen molar-refractivity contribution < 1.29 is 19.1 Å². The molecule has 0 saturated carbocycles. The standard InChI is InChI=1S/C25H42N6O4/c1-17(2)14-20(22(32)28-12-8-9-13-29-24(26)27)30-23(33)21(15-18(3)4)31-25(34)35-16-19-10-6-5-7-11-19/h5-7,10-11,17-18,20-21H,8-9,12-16H2,1-4H3,(H,28,32)(H,30,33)(H,31,34)(H4,26,27,29)/t20-,21+/m0/s1. The quantitative estimate of drug-likeness (QED) is 0.144. The van der Waals surface area contributed by atoms with Crippen LogP contribution in [0.3, 0.4) is 0 Å². The van der Waals surface area contributed by atoms with Gasteiger partial charge in [0.1, 0.15) is 18.7 Å². The first-order valence-electron chi connectivity index (χ1n) is 12.2. The van der Waals surface area contributed by atoms with Gasteiger partial charge in [0.25, 0.3) is 0 Å². The van der Waals surface area contributed by atoms with Crippen LogP contribution in [0.25, 0.3) is 0 Å². The number of nitrogens with two attached hydrogens (primary N) is 2. The zero-order valence-electron chi connectivity index (χ0n) is 21.4. The van der Waals surface area contributed by atoms with Crippen molar-refractivity contribution >= 4 is 23.9 Å². The van der Waals surface area contributed by atoms with E-state index in [4.69, 9.17) is 16.2 Å². The molecule has 0 saturated heterocycles. The number of ether oxygens (including phenoxy) is 1. The van der Waals surface area contributed by atoms with Crippen LogP contribution in [0, 0.1) is 11.8 Å². The molecule has 0 aliphatic carbocycles. The van der Waals surface area contributed by atoms with Crippen molar-refractivity contribution in [3.63, 3.8) is 0 Å². The Balaban J connectivity index is 2.68. The van der Waals surface area contributed by atoms with E-state index in [0.717, 1.165) is 12.0 Å². The summed E-state index contributed by atoms with van der Waals surface area (Å²) in [6, 6.07) is 7.76. The number of nitrogens with one attached hydrogen (secondary N) is 3. The van der Waals surface area contributed by atoms with E-state index in [0.29, 0.717) is 32.4 Å². The van der Waals surface area contributed by atoms with E-state index < -0.39 is 24.1 Å². The number of amides is 3. The maximum Gasteiger partial charge on any atom is 0.408 e. The van der Waals surface area contributed by atoms with Gasteiger partial charge in [0, 0.05) is 13.1 Å². The smallest absolute Gasteiger partial charge is 0.408 e. The van der Waals surface area contributed by atoms with Crippen LogP contribution in [-0.2, 0) is 20.9 Å². The number of aliphatic imine (C=N–C) groups is 1. The lowest BCUT2D eigenvalue weighted by atomic mass is 10.00. The van der Waals surface area contributed by atoms with Crippen molar-refractivity contribution in [3.8, 4) is 0 Å². The predicted molar refractivity (Wildman–Crippen MR) is 137 cm³/mol. The molecule has 0 aliphatic heterocycles. The summed E-state index contributed by atoms with van der Waals surface area (Å²) in [7, 11) is 0. The highest BCUT2D eigenvalue weighted by Gasteiger charge is 2.28. The van der Waals surface area contributed by atoms with Crippen LogP contribution in [-0.4, -0.2) is 49.0 Å². The lowest BCUT2D eigenvalue weighted by Gasteiger charge is -2.25. The van der Waals surface area contributed by atoms with Gasteiger partial charge in [-0.3, -0.25) is 14.6 Å². The van der Waals surface area contributed by atoms with Gasteiger partial charge in [0.15, 0.2) is 5.96 Å². The van der Waals surface area contributed by atoms with Gasteiger partial charge in [-0.05, 0) is 43.1 Å². The van der Waals surface area contributed by atoms with E-state index in [2.05, 4.69) is 20.9 Å². The van der Waals surface area contributed by atoms with Gasteiger partial charge in [-0.25, -0.2) is 4.79 Å². The Bertz CT molecular complexity index is 809. The SMILES string of the molecule is CC(C)C[C@H](NC(=O)[C@@H](CC(C)C)NC(=O)OCc1ccccc1)C(=O)NCCCCN=C(N)N. The van der Waals surface area contributed by atoms with Crippen molar-refractivity contribution in [1.82, 2.24) is 16.0 Å². The highest BCUT2D eigenvalue weighted by atomic mass is 16.5. The van der Waals surface area contributed by atoms with E-state index in [1.54, 1.807) is 0 Å². The maximum atomic E-state index is 13.1. The summed E-state index contributed by atoms with van der Waals surface area (Å²) in [4.78, 5) is 42.1. The molecular formula is C25H42N6O4. The Morgan fingerprint density at radius 2 is 1.49 bits per heavy atom. The largest absolute Gasteiger partial charge is 0.445 e. The van der Waals surface area contributed by atoms with Crippen molar-refractivity contribution in [2.75, 3.05) is 13.1 Å². The Labute approximate surface area is 208 Å². The molecule has 7 N–H and O–H groups in total. The fraction of sp³-hybridized carbons (Fsp3) is 0.600. The van der Waals surface area contributed by atoms with Gasteiger partial charge in [-0.15, -0.1) is 0 Å². The van der Waals surface area contributed by atoms with Crippen LogP contribution in [0.15, 0.2) is 35.3 Å². The summed E-state index contributed by atoms with van der Waals surface area (Å²) in [6.07, 6.45) is 1.63. The third kappa shape index (κ3) is 13.9. The number of benzene rings is 1.